The molecule has 0 spiro atoms. The van der Waals surface area contributed by atoms with E-state index in [9.17, 15) is 15.3 Å². The molecule has 0 aliphatic carbocycles. The van der Waals surface area contributed by atoms with Crippen LogP contribution in [0.2, 0.25) is 0 Å². The molecule has 0 saturated heterocycles. The van der Waals surface area contributed by atoms with Gasteiger partial charge in [-0.15, -0.1) is 0 Å². The maximum absolute atomic E-state index is 9.24. The summed E-state index contributed by atoms with van der Waals surface area (Å²) in [6.45, 7) is 1.04. The van der Waals surface area contributed by atoms with Crippen molar-refractivity contribution in [2.24, 2.45) is 0 Å². The minimum Gasteiger partial charge on any atom is -0.467 e. The van der Waals surface area contributed by atoms with Crippen molar-refractivity contribution >= 4 is 11.9 Å². The van der Waals surface area contributed by atoms with Gasteiger partial charge in [0.15, 0.2) is 0 Å². The Balaban J connectivity index is 3.01. The fourth-order valence-electron chi connectivity index (χ4n) is 1.25. The molecular formula is C10H19N5O4. The summed E-state index contributed by atoms with van der Waals surface area (Å²) in [4.78, 5) is 11.9. The second kappa shape index (κ2) is 7.02. The highest BCUT2D eigenvalue weighted by Crippen LogP contribution is 2.15. The smallest absolute Gasteiger partial charge is 0.322 e. The highest BCUT2D eigenvalue weighted by Gasteiger charge is 2.29. The number of aliphatic hydroxyl groups is 3. The normalized spacial score (nSPS) is 11.2. The van der Waals surface area contributed by atoms with Crippen LogP contribution >= 0.6 is 0 Å². The molecule has 0 aliphatic heterocycles. The van der Waals surface area contributed by atoms with E-state index in [0.717, 1.165) is 0 Å². The summed E-state index contributed by atoms with van der Waals surface area (Å²) in [6, 6.07) is 0.0798. The molecule has 1 heterocycles. The van der Waals surface area contributed by atoms with Gasteiger partial charge in [-0.3, -0.25) is 0 Å². The van der Waals surface area contributed by atoms with E-state index >= 15 is 0 Å². The van der Waals surface area contributed by atoms with E-state index in [1.165, 1.54) is 7.11 Å². The van der Waals surface area contributed by atoms with Crippen molar-refractivity contribution in [1.29, 1.82) is 0 Å². The van der Waals surface area contributed by atoms with Crippen molar-refractivity contribution in [2.75, 3.05) is 44.1 Å². The van der Waals surface area contributed by atoms with Crippen molar-refractivity contribution in [3.8, 4) is 6.01 Å². The monoisotopic (exact) mass is 273 g/mol. The van der Waals surface area contributed by atoms with E-state index in [1.54, 1.807) is 0 Å². The van der Waals surface area contributed by atoms with Crippen molar-refractivity contribution in [3.63, 3.8) is 0 Å². The molecule has 9 heteroatoms. The molecule has 0 saturated carbocycles. The SMILES string of the molecule is CCNc1nc(NC(CO)(CO)CO)nc(OC)n1. The van der Waals surface area contributed by atoms with Gasteiger partial charge in [0.25, 0.3) is 0 Å². The van der Waals surface area contributed by atoms with Crippen LogP contribution in [0.5, 0.6) is 6.01 Å². The number of aliphatic hydroxyl groups excluding tert-OH is 3. The minimum absolute atomic E-state index is 0.0798. The molecule has 9 nitrogen and oxygen atoms in total. The van der Waals surface area contributed by atoms with Gasteiger partial charge in [0.05, 0.1) is 26.9 Å². The number of hydrogen-bond donors (Lipinski definition) is 5. The molecule has 0 bridgehead atoms. The number of methoxy groups -OCH3 is 1. The van der Waals surface area contributed by atoms with Crippen LogP contribution < -0.4 is 15.4 Å². The first kappa shape index (κ1) is 15.3. The number of rotatable bonds is 8. The van der Waals surface area contributed by atoms with Gasteiger partial charge in [0.2, 0.25) is 11.9 Å². The van der Waals surface area contributed by atoms with E-state index in [2.05, 4.69) is 25.6 Å². The summed E-state index contributed by atoms with van der Waals surface area (Å²) in [6.07, 6.45) is 0. The fourth-order valence-corrected chi connectivity index (χ4v) is 1.25. The molecular weight excluding hydrogens is 254 g/mol. The molecule has 0 fully saturated rings. The summed E-state index contributed by atoms with van der Waals surface area (Å²) < 4.78 is 4.93. The maximum Gasteiger partial charge on any atom is 0.322 e. The Bertz CT molecular complexity index is 391. The zero-order valence-corrected chi connectivity index (χ0v) is 10.9. The predicted molar refractivity (Wildman–Crippen MR) is 68.2 cm³/mol. The molecule has 1 aromatic heterocycles. The summed E-state index contributed by atoms with van der Waals surface area (Å²) in [7, 11) is 1.41. The average Bonchev–Trinajstić information content (AvgIpc) is 2.45. The molecule has 0 aliphatic rings. The first-order valence-corrected chi connectivity index (χ1v) is 5.77. The standard InChI is InChI=1S/C10H19N5O4/c1-3-11-7-12-8(14-9(13-7)19-2)15-10(4-16,5-17)6-18/h16-18H,3-6H2,1-2H3,(H2,11,12,13,14,15). The lowest BCUT2D eigenvalue weighted by atomic mass is 10.0. The zero-order chi connectivity index (χ0) is 14.3. The van der Waals surface area contributed by atoms with Crippen LogP contribution in [0, 0.1) is 0 Å². The number of aromatic nitrogens is 3. The summed E-state index contributed by atoms with van der Waals surface area (Å²) in [5, 5.41) is 33.3. The summed E-state index contributed by atoms with van der Waals surface area (Å²) in [5.74, 6) is 0.375. The van der Waals surface area contributed by atoms with Gasteiger partial charge in [-0.05, 0) is 6.92 Å². The zero-order valence-electron chi connectivity index (χ0n) is 10.9. The number of nitrogens with one attached hydrogen (secondary N) is 2. The Morgan fingerprint density at radius 1 is 1.05 bits per heavy atom. The average molecular weight is 273 g/mol. The molecule has 5 N–H and O–H groups in total. The Labute approximate surface area is 110 Å². The second-order valence-corrected chi connectivity index (χ2v) is 3.88. The van der Waals surface area contributed by atoms with Crippen LogP contribution in [0.3, 0.4) is 0 Å². The van der Waals surface area contributed by atoms with E-state index in [0.29, 0.717) is 12.5 Å². The van der Waals surface area contributed by atoms with Gasteiger partial charge in [-0.1, -0.05) is 0 Å². The molecule has 0 atom stereocenters. The van der Waals surface area contributed by atoms with Crippen LogP contribution in [0.1, 0.15) is 6.92 Å². The van der Waals surface area contributed by atoms with Crippen molar-refractivity contribution in [1.82, 2.24) is 15.0 Å². The van der Waals surface area contributed by atoms with Crippen LogP contribution in [0.4, 0.5) is 11.9 Å². The number of ether oxygens (including phenoxy) is 1. The minimum atomic E-state index is -1.31. The molecule has 0 radical (unpaired) electrons. The van der Waals surface area contributed by atoms with Gasteiger partial charge in [0.1, 0.15) is 5.54 Å². The third-order valence-corrected chi connectivity index (χ3v) is 2.42. The molecule has 0 aromatic carbocycles. The van der Waals surface area contributed by atoms with Crippen LogP contribution in [0.25, 0.3) is 0 Å². The van der Waals surface area contributed by atoms with Crippen LogP contribution in [-0.2, 0) is 0 Å². The lowest BCUT2D eigenvalue weighted by molar-refractivity contribution is 0.0827. The lowest BCUT2D eigenvalue weighted by Crippen LogP contribution is -2.49. The Kier molecular flexibility index (Phi) is 5.67. The van der Waals surface area contributed by atoms with Crippen molar-refractivity contribution in [3.05, 3.63) is 0 Å². The predicted octanol–water partition coefficient (Wildman–Crippen LogP) is -1.56. The lowest BCUT2D eigenvalue weighted by Gasteiger charge is -2.28. The van der Waals surface area contributed by atoms with Gasteiger partial charge >= 0.3 is 6.01 Å². The molecule has 1 aromatic rings. The Morgan fingerprint density at radius 2 is 1.63 bits per heavy atom. The van der Waals surface area contributed by atoms with Crippen LogP contribution in [-0.4, -0.2) is 69.3 Å². The van der Waals surface area contributed by atoms with Crippen molar-refractivity contribution < 1.29 is 20.1 Å². The van der Waals surface area contributed by atoms with E-state index in [-0.39, 0.29) is 12.0 Å². The number of hydrogen-bond acceptors (Lipinski definition) is 9. The Hall–Kier alpha value is -1.71. The van der Waals surface area contributed by atoms with Gasteiger partial charge in [0, 0.05) is 6.54 Å². The highest BCUT2D eigenvalue weighted by atomic mass is 16.5. The topological polar surface area (TPSA) is 133 Å². The fraction of sp³-hybridized carbons (Fsp3) is 0.700. The molecule has 0 amide bonds. The van der Waals surface area contributed by atoms with Gasteiger partial charge in [-0.2, -0.15) is 15.0 Å². The third kappa shape index (κ3) is 3.88. The van der Waals surface area contributed by atoms with Gasteiger partial charge in [-0.25, -0.2) is 0 Å². The van der Waals surface area contributed by atoms with Gasteiger partial charge < -0.3 is 30.7 Å². The third-order valence-electron chi connectivity index (χ3n) is 2.42. The van der Waals surface area contributed by atoms with E-state index < -0.39 is 25.4 Å². The van der Waals surface area contributed by atoms with Crippen LogP contribution in [0.15, 0.2) is 0 Å². The molecule has 1 rings (SSSR count). The van der Waals surface area contributed by atoms with E-state index in [4.69, 9.17) is 4.74 Å². The highest BCUT2D eigenvalue weighted by molar-refractivity contribution is 5.38. The molecule has 0 unspecified atom stereocenters. The summed E-state index contributed by atoms with van der Waals surface area (Å²) in [5.41, 5.74) is -1.31. The second-order valence-electron chi connectivity index (χ2n) is 3.88. The molecule has 108 valence electrons. The summed E-state index contributed by atoms with van der Waals surface area (Å²) >= 11 is 0. The first-order valence-electron chi connectivity index (χ1n) is 5.77. The number of anilines is 2. The number of nitrogens with zero attached hydrogens (tertiary/aromatic N) is 3. The first-order chi connectivity index (χ1) is 9.12. The van der Waals surface area contributed by atoms with E-state index in [1.807, 2.05) is 6.92 Å². The molecule has 19 heavy (non-hydrogen) atoms. The maximum atomic E-state index is 9.24. The largest absolute Gasteiger partial charge is 0.467 e. The Morgan fingerprint density at radius 3 is 2.11 bits per heavy atom. The van der Waals surface area contributed by atoms with Crippen molar-refractivity contribution in [2.45, 2.75) is 12.5 Å². The quantitative estimate of drug-likeness (QED) is 0.381.